The Kier molecular flexibility index (Phi) is 7.82. The summed E-state index contributed by atoms with van der Waals surface area (Å²) < 4.78 is 12.0. The molecule has 11 nitrogen and oxygen atoms in total. The summed E-state index contributed by atoms with van der Waals surface area (Å²) >= 11 is 5.92. The molecule has 12 heteroatoms. The number of hydrazone groups is 1. The molecule has 3 aromatic rings. The maximum absolute atomic E-state index is 12.4. The number of rotatable bonds is 8. The van der Waals surface area contributed by atoms with Crippen LogP contribution in [0.3, 0.4) is 0 Å². The molecule has 3 rings (SSSR count). The van der Waals surface area contributed by atoms with Gasteiger partial charge in [-0.05, 0) is 57.2 Å². The van der Waals surface area contributed by atoms with Crippen molar-refractivity contribution < 1.29 is 24.0 Å². The molecule has 35 heavy (non-hydrogen) atoms. The Hall–Kier alpha value is -4.25. The third-order valence-electron chi connectivity index (χ3n) is 5.01. The normalized spacial score (nSPS) is 11.2. The van der Waals surface area contributed by atoms with E-state index in [9.17, 15) is 19.7 Å². The maximum Gasteiger partial charge on any atom is 0.343 e. The van der Waals surface area contributed by atoms with Gasteiger partial charge >= 0.3 is 11.7 Å². The quantitative estimate of drug-likeness (QED) is 0.163. The number of nitrogens with one attached hydrogen (secondary N) is 1. The van der Waals surface area contributed by atoms with E-state index in [4.69, 9.17) is 21.1 Å². The lowest BCUT2D eigenvalue weighted by atomic mass is 10.1. The standard InChI is InChI=1S/C23H22ClN5O6/c1-13(25-26-21(30)12-28-15(3)22(29(32)33)14(2)27-28)16-8-9-19(20(11-16)34-4)35-23(31)17-6-5-7-18(24)10-17/h5-11H,12H2,1-4H3,(H,26,30). The highest BCUT2D eigenvalue weighted by Crippen LogP contribution is 2.29. The molecule has 1 heterocycles. The van der Waals surface area contributed by atoms with Gasteiger partial charge in [0.05, 0.1) is 23.3 Å². The van der Waals surface area contributed by atoms with E-state index in [2.05, 4.69) is 15.6 Å². The minimum absolute atomic E-state index is 0.124. The van der Waals surface area contributed by atoms with Gasteiger partial charge in [-0.2, -0.15) is 10.2 Å². The fraction of sp³-hybridized carbons (Fsp3) is 0.217. The smallest absolute Gasteiger partial charge is 0.343 e. The number of halogens is 1. The van der Waals surface area contributed by atoms with Crippen LogP contribution < -0.4 is 14.9 Å². The van der Waals surface area contributed by atoms with Crippen LogP contribution in [-0.2, 0) is 11.3 Å². The Balaban J connectivity index is 1.70. The van der Waals surface area contributed by atoms with Crippen molar-refractivity contribution in [3.63, 3.8) is 0 Å². The van der Waals surface area contributed by atoms with Crippen molar-refractivity contribution >= 4 is 34.9 Å². The molecule has 0 spiro atoms. The van der Waals surface area contributed by atoms with Crippen LogP contribution in [0.5, 0.6) is 11.5 Å². The van der Waals surface area contributed by atoms with E-state index in [-0.39, 0.29) is 40.7 Å². The van der Waals surface area contributed by atoms with Gasteiger partial charge in [-0.15, -0.1) is 0 Å². The van der Waals surface area contributed by atoms with Gasteiger partial charge in [-0.25, -0.2) is 10.2 Å². The largest absolute Gasteiger partial charge is 0.493 e. The summed E-state index contributed by atoms with van der Waals surface area (Å²) in [4.78, 5) is 35.3. The molecule has 182 valence electrons. The zero-order chi connectivity index (χ0) is 25.7. The molecule has 0 aliphatic rings. The van der Waals surface area contributed by atoms with Crippen LogP contribution in [0.1, 0.15) is 34.2 Å². The second-order valence-electron chi connectivity index (χ2n) is 7.43. The minimum atomic E-state index is -0.597. The number of carbonyl (C=O) groups excluding carboxylic acids is 2. The number of hydrogen-bond acceptors (Lipinski definition) is 8. The monoisotopic (exact) mass is 499 g/mol. The number of amides is 1. The molecule has 1 amide bonds. The molecule has 0 aliphatic carbocycles. The molecule has 0 radical (unpaired) electrons. The first-order valence-corrected chi connectivity index (χ1v) is 10.7. The third kappa shape index (κ3) is 6.01. The number of nitrogens with zero attached hydrogens (tertiary/aromatic N) is 4. The van der Waals surface area contributed by atoms with E-state index in [0.717, 1.165) is 0 Å². The highest BCUT2D eigenvalue weighted by Gasteiger charge is 2.22. The van der Waals surface area contributed by atoms with Crippen LogP contribution in [0.2, 0.25) is 5.02 Å². The van der Waals surface area contributed by atoms with E-state index in [0.29, 0.717) is 16.3 Å². The summed E-state index contributed by atoms with van der Waals surface area (Å²) in [5.41, 5.74) is 4.12. The van der Waals surface area contributed by atoms with Crippen LogP contribution >= 0.6 is 11.6 Å². The summed E-state index contributed by atoms with van der Waals surface area (Å²) in [6.45, 7) is 4.46. The van der Waals surface area contributed by atoms with E-state index in [1.54, 1.807) is 43.3 Å². The summed E-state index contributed by atoms with van der Waals surface area (Å²) in [5.74, 6) is -0.623. The van der Waals surface area contributed by atoms with E-state index < -0.39 is 16.8 Å². The fourth-order valence-electron chi connectivity index (χ4n) is 3.24. The molecule has 1 aromatic heterocycles. The Morgan fingerprint density at radius 2 is 1.91 bits per heavy atom. The van der Waals surface area contributed by atoms with E-state index in [1.807, 2.05) is 0 Å². The summed E-state index contributed by atoms with van der Waals surface area (Å²) in [5, 5.41) is 19.6. The number of ether oxygens (including phenoxy) is 2. The van der Waals surface area contributed by atoms with Crippen molar-refractivity contribution in [1.29, 1.82) is 0 Å². The minimum Gasteiger partial charge on any atom is -0.493 e. The molecule has 0 fully saturated rings. The lowest BCUT2D eigenvalue weighted by Crippen LogP contribution is -2.25. The molecule has 2 aromatic carbocycles. The predicted molar refractivity (Wildman–Crippen MR) is 128 cm³/mol. The average Bonchev–Trinajstić information content (AvgIpc) is 3.10. The zero-order valence-electron chi connectivity index (χ0n) is 19.4. The van der Waals surface area contributed by atoms with Gasteiger partial charge in [0.1, 0.15) is 17.9 Å². The number of nitro groups is 1. The molecule has 0 saturated carbocycles. The van der Waals surface area contributed by atoms with Gasteiger partial charge in [-0.1, -0.05) is 17.7 Å². The van der Waals surface area contributed by atoms with Gasteiger partial charge in [0.25, 0.3) is 5.91 Å². The van der Waals surface area contributed by atoms with Gasteiger partial charge in [0, 0.05) is 10.6 Å². The number of hydrogen-bond donors (Lipinski definition) is 1. The highest BCUT2D eigenvalue weighted by molar-refractivity contribution is 6.30. The van der Waals surface area contributed by atoms with Gasteiger partial charge in [0.15, 0.2) is 11.5 Å². The van der Waals surface area contributed by atoms with Crippen LogP contribution in [0, 0.1) is 24.0 Å². The van der Waals surface area contributed by atoms with Crippen molar-refractivity contribution in [3.8, 4) is 11.5 Å². The number of esters is 1. The fourth-order valence-corrected chi connectivity index (χ4v) is 3.43. The van der Waals surface area contributed by atoms with E-state index in [1.165, 1.54) is 31.7 Å². The first-order valence-electron chi connectivity index (χ1n) is 10.3. The summed E-state index contributed by atoms with van der Waals surface area (Å²) in [6, 6.07) is 11.2. The number of benzene rings is 2. The molecule has 0 saturated heterocycles. The summed E-state index contributed by atoms with van der Waals surface area (Å²) in [6.07, 6.45) is 0. The van der Waals surface area contributed by atoms with E-state index >= 15 is 0 Å². The van der Waals surface area contributed by atoms with Crippen molar-refractivity contribution in [2.45, 2.75) is 27.3 Å². The first-order chi connectivity index (χ1) is 16.6. The van der Waals surface area contributed by atoms with Crippen molar-refractivity contribution in [1.82, 2.24) is 15.2 Å². The number of carbonyl (C=O) groups is 2. The second-order valence-corrected chi connectivity index (χ2v) is 7.87. The predicted octanol–water partition coefficient (Wildman–Crippen LogP) is 3.83. The molecular formula is C23H22ClN5O6. The van der Waals surface area contributed by atoms with Crippen LogP contribution in [-0.4, -0.2) is 39.4 Å². The highest BCUT2D eigenvalue weighted by atomic mass is 35.5. The number of methoxy groups -OCH3 is 1. The number of aromatic nitrogens is 2. The molecule has 1 N–H and O–H groups in total. The van der Waals surface area contributed by atoms with Gasteiger partial charge < -0.3 is 9.47 Å². The molecule has 0 bridgehead atoms. The summed E-state index contributed by atoms with van der Waals surface area (Å²) in [7, 11) is 1.43. The van der Waals surface area contributed by atoms with Crippen molar-refractivity contribution in [2.24, 2.45) is 5.10 Å². The lowest BCUT2D eigenvalue weighted by molar-refractivity contribution is -0.386. The van der Waals surface area contributed by atoms with Gasteiger partial charge in [-0.3, -0.25) is 19.6 Å². The Labute approximate surface area is 205 Å². The van der Waals surface area contributed by atoms with Crippen LogP contribution in [0.25, 0.3) is 0 Å². The average molecular weight is 500 g/mol. The first kappa shape index (κ1) is 25.4. The molecular weight excluding hydrogens is 478 g/mol. The molecule has 0 unspecified atom stereocenters. The lowest BCUT2D eigenvalue weighted by Gasteiger charge is -2.11. The van der Waals surface area contributed by atoms with Crippen molar-refractivity contribution in [3.05, 3.63) is 80.1 Å². The molecule has 0 aliphatic heterocycles. The SMILES string of the molecule is COc1cc(C(C)=NNC(=O)Cn2nc(C)c([N+](=O)[O-])c2C)ccc1OC(=O)c1cccc(Cl)c1. The number of aryl methyl sites for hydroxylation is 1. The zero-order valence-corrected chi connectivity index (χ0v) is 20.1. The van der Waals surface area contributed by atoms with Gasteiger partial charge in [0.2, 0.25) is 0 Å². The Bertz CT molecular complexity index is 1330. The third-order valence-corrected chi connectivity index (χ3v) is 5.25. The maximum atomic E-state index is 12.4. The second kappa shape index (κ2) is 10.8. The van der Waals surface area contributed by atoms with Crippen LogP contribution in [0.4, 0.5) is 5.69 Å². The topological polar surface area (TPSA) is 138 Å². The molecule has 0 atom stereocenters. The van der Waals surface area contributed by atoms with Crippen LogP contribution in [0.15, 0.2) is 47.6 Å². The Morgan fingerprint density at radius 3 is 2.54 bits per heavy atom. The Morgan fingerprint density at radius 1 is 1.17 bits per heavy atom. The van der Waals surface area contributed by atoms with Crippen molar-refractivity contribution in [2.75, 3.05) is 7.11 Å².